The van der Waals surface area contributed by atoms with Crippen LogP contribution < -0.4 is 9.64 Å². The summed E-state index contributed by atoms with van der Waals surface area (Å²) in [7, 11) is 5.72. The number of methoxy groups -OCH3 is 1. The second-order valence-electron chi connectivity index (χ2n) is 4.99. The molecule has 2 heteroatoms. The Labute approximate surface area is 121 Å². The number of hydrogen-bond donors (Lipinski definition) is 0. The second-order valence-corrected chi connectivity index (χ2v) is 4.99. The summed E-state index contributed by atoms with van der Waals surface area (Å²) in [5.41, 5.74) is 4.30. The van der Waals surface area contributed by atoms with Crippen molar-refractivity contribution in [2.24, 2.45) is 0 Å². The van der Waals surface area contributed by atoms with Crippen molar-refractivity contribution in [3.8, 4) is 5.75 Å². The molecule has 2 rings (SSSR count). The van der Waals surface area contributed by atoms with Crippen molar-refractivity contribution in [2.45, 2.75) is 6.42 Å². The van der Waals surface area contributed by atoms with Gasteiger partial charge in [0.05, 0.1) is 7.11 Å². The summed E-state index contributed by atoms with van der Waals surface area (Å²) in [5.74, 6) is 0.864. The lowest BCUT2D eigenvalue weighted by molar-refractivity contribution is 0.414. The van der Waals surface area contributed by atoms with Gasteiger partial charge >= 0.3 is 0 Å². The molecule has 0 aliphatic carbocycles. The number of rotatable bonds is 5. The van der Waals surface area contributed by atoms with E-state index in [1.807, 2.05) is 38.4 Å². The van der Waals surface area contributed by atoms with Crippen LogP contribution in [0.4, 0.5) is 5.69 Å². The first-order chi connectivity index (χ1) is 9.60. The zero-order chi connectivity index (χ0) is 14.5. The SMILES string of the molecule is [CH]=C(Cc1ccc(OC)cc1)c1ccc(N(C)C)cc1. The third-order valence-corrected chi connectivity index (χ3v) is 3.31. The average Bonchev–Trinajstić information content (AvgIpc) is 2.48. The van der Waals surface area contributed by atoms with E-state index >= 15 is 0 Å². The molecule has 1 radical (unpaired) electrons. The minimum Gasteiger partial charge on any atom is -0.497 e. The summed E-state index contributed by atoms with van der Waals surface area (Å²) < 4.78 is 5.15. The Morgan fingerprint density at radius 1 is 1.00 bits per heavy atom. The number of hydrogen-bond acceptors (Lipinski definition) is 2. The molecular weight excluding hydrogens is 246 g/mol. The Hall–Kier alpha value is -2.22. The number of nitrogens with zero attached hydrogens (tertiary/aromatic N) is 1. The molecule has 2 aromatic carbocycles. The Bertz CT molecular complexity index is 567. The molecule has 103 valence electrons. The summed E-state index contributed by atoms with van der Waals surface area (Å²) in [4.78, 5) is 2.07. The van der Waals surface area contributed by atoms with Crippen LogP contribution in [-0.2, 0) is 6.42 Å². The summed E-state index contributed by atoms with van der Waals surface area (Å²) >= 11 is 0. The Balaban J connectivity index is 2.07. The van der Waals surface area contributed by atoms with E-state index in [1.165, 1.54) is 11.3 Å². The number of anilines is 1. The molecule has 0 unspecified atom stereocenters. The topological polar surface area (TPSA) is 12.5 Å². The highest BCUT2D eigenvalue weighted by Gasteiger charge is 2.03. The molecule has 20 heavy (non-hydrogen) atoms. The molecule has 0 amide bonds. The molecule has 0 fully saturated rings. The maximum Gasteiger partial charge on any atom is 0.118 e. The van der Waals surface area contributed by atoms with Crippen LogP contribution in [0, 0.1) is 6.58 Å². The zero-order valence-corrected chi connectivity index (χ0v) is 12.3. The van der Waals surface area contributed by atoms with Crippen molar-refractivity contribution in [3.05, 3.63) is 66.2 Å². The molecule has 0 heterocycles. The lowest BCUT2D eigenvalue weighted by Crippen LogP contribution is -2.08. The molecule has 2 aromatic rings. The Morgan fingerprint density at radius 2 is 1.60 bits per heavy atom. The normalized spacial score (nSPS) is 10.2. The minimum atomic E-state index is 0.741. The van der Waals surface area contributed by atoms with E-state index in [4.69, 9.17) is 11.3 Å². The van der Waals surface area contributed by atoms with Crippen molar-refractivity contribution >= 4 is 11.3 Å². The standard InChI is InChI=1S/C18H20NO/c1-14(13-15-5-11-18(20-4)12-6-15)16-7-9-17(10-8-16)19(2)3/h1,5-12H,13H2,2-4H3. The fraction of sp³-hybridized carbons (Fsp3) is 0.222. The monoisotopic (exact) mass is 266 g/mol. The fourth-order valence-corrected chi connectivity index (χ4v) is 2.04. The lowest BCUT2D eigenvalue weighted by Gasteiger charge is -2.13. The van der Waals surface area contributed by atoms with Gasteiger partial charge in [-0.2, -0.15) is 0 Å². The van der Waals surface area contributed by atoms with E-state index in [2.05, 4.69) is 29.2 Å². The molecule has 0 aliphatic heterocycles. The van der Waals surface area contributed by atoms with Crippen molar-refractivity contribution in [1.29, 1.82) is 0 Å². The van der Waals surface area contributed by atoms with E-state index in [1.54, 1.807) is 7.11 Å². The van der Waals surface area contributed by atoms with Gasteiger partial charge in [0, 0.05) is 19.8 Å². The molecule has 0 N–H and O–H groups in total. The first kappa shape index (κ1) is 14.2. The molecular formula is C18H20NO. The third kappa shape index (κ3) is 3.41. The van der Waals surface area contributed by atoms with Crippen LogP contribution in [-0.4, -0.2) is 21.2 Å². The first-order valence-electron chi connectivity index (χ1n) is 6.62. The van der Waals surface area contributed by atoms with E-state index in [0.29, 0.717) is 0 Å². The van der Waals surface area contributed by atoms with E-state index in [-0.39, 0.29) is 0 Å². The number of ether oxygens (including phenoxy) is 1. The molecule has 0 aliphatic rings. The summed E-state index contributed by atoms with van der Waals surface area (Å²) in [5, 5.41) is 0. The van der Waals surface area contributed by atoms with Crippen molar-refractivity contribution in [3.63, 3.8) is 0 Å². The Morgan fingerprint density at radius 3 is 2.10 bits per heavy atom. The summed E-state index contributed by atoms with van der Waals surface area (Å²) in [6.45, 7) is 6.20. The largest absolute Gasteiger partial charge is 0.497 e. The molecule has 0 saturated carbocycles. The quantitative estimate of drug-likeness (QED) is 0.815. The molecule has 0 spiro atoms. The number of allylic oxidation sites excluding steroid dienone is 1. The highest BCUT2D eigenvalue weighted by atomic mass is 16.5. The van der Waals surface area contributed by atoms with Gasteiger partial charge in [-0.1, -0.05) is 30.8 Å². The van der Waals surface area contributed by atoms with Crippen molar-refractivity contribution < 1.29 is 4.74 Å². The maximum atomic E-state index is 6.20. The molecule has 0 saturated heterocycles. The number of benzene rings is 2. The molecule has 2 nitrogen and oxygen atoms in total. The van der Waals surface area contributed by atoms with Crippen LogP contribution in [0.5, 0.6) is 5.75 Å². The maximum absolute atomic E-state index is 6.20. The van der Waals surface area contributed by atoms with Gasteiger partial charge in [0.1, 0.15) is 5.75 Å². The summed E-state index contributed by atoms with van der Waals surface area (Å²) in [6, 6.07) is 16.3. The summed E-state index contributed by atoms with van der Waals surface area (Å²) in [6.07, 6.45) is 0.741. The predicted molar refractivity (Wildman–Crippen MR) is 85.2 cm³/mol. The van der Waals surface area contributed by atoms with Gasteiger partial charge in [-0.05, 0) is 47.4 Å². The highest BCUT2D eigenvalue weighted by molar-refractivity contribution is 5.66. The van der Waals surface area contributed by atoms with Gasteiger partial charge in [0.2, 0.25) is 0 Å². The highest BCUT2D eigenvalue weighted by Crippen LogP contribution is 2.22. The fourth-order valence-electron chi connectivity index (χ4n) is 2.04. The van der Waals surface area contributed by atoms with Gasteiger partial charge < -0.3 is 9.64 Å². The molecule has 0 aromatic heterocycles. The first-order valence-corrected chi connectivity index (χ1v) is 6.62. The van der Waals surface area contributed by atoms with Crippen LogP contribution in [0.3, 0.4) is 0 Å². The van der Waals surface area contributed by atoms with E-state index < -0.39 is 0 Å². The van der Waals surface area contributed by atoms with Crippen LogP contribution in [0.2, 0.25) is 0 Å². The lowest BCUT2D eigenvalue weighted by atomic mass is 9.99. The third-order valence-electron chi connectivity index (χ3n) is 3.31. The minimum absolute atomic E-state index is 0.741. The van der Waals surface area contributed by atoms with Gasteiger partial charge in [-0.15, -0.1) is 0 Å². The molecule has 0 bridgehead atoms. The van der Waals surface area contributed by atoms with Gasteiger partial charge in [-0.25, -0.2) is 0 Å². The van der Waals surface area contributed by atoms with Crippen molar-refractivity contribution in [2.75, 3.05) is 26.1 Å². The van der Waals surface area contributed by atoms with Crippen LogP contribution in [0.1, 0.15) is 11.1 Å². The van der Waals surface area contributed by atoms with Crippen LogP contribution >= 0.6 is 0 Å². The smallest absolute Gasteiger partial charge is 0.118 e. The van der Waals surface area contributed by atoms with Gasteiger partial charge in [0.15, 0.2) is 0 Å². The van der Waals surface area contributed by atoms with Crippen molar-refractivity contribution in [1.82, 2.24) is 0 Å². The van der Waals surface area contributed by atoms with Crippen LogP contribution in [0.25, 0.3) is 5.57 Å². The second kappa shape index (κ2) is 6.29. The van der Waals surface area contributed by atoms with Crippen LogP contribution in [0.15, 0.2) is 48.5 Å². The molecule has 0 atom stereocenters. The predicted octanol–water partition coefficient (Wildman–Crippen LogP) is 3.82. The van der Waals surface area contributed by atoms with Gasteiger partial charge in [-0.3, -0.25) is 0 Å². The van der Waals surface area contributed by atoms with E-state index in [0.717, 1.165) is 23.3 Å². The van der Waals surface area contributed by atoms with Gasteiger partial charge in [0.25, 0.3) is 0 Å². The van der Waals surface area contributed by atoms with E-state index in [9.17, 15) is 0 Å². The zero-order valence-electron chi connectivity index (χ0n) is 12.3. The average molecular weight is 266 g/mol. The Kier molecular flexibility index (Phi) is 4.46.